The second-order valence-corrected chi connectivity index (χ2v) is 6.35. The first-order chi connectivity index (χ1) is 11.2. The summed E-state index contributed by atoms with van der Waals surface area (Å²) in [6.07, 6.45) is 2.79. The van der Waals surface area contributed by atoms with Crippen LogP contribution in [0.3, 0.4) is 0 Å². The predicted octanol–water partition coefficient (Wildman–Crippen LogP) is 2.88. The minimum absolute atomic E-state index is 0.321. The van der Waals surface area contributed by atoms with Crippen LogP contribution < -0.4 is 10.1 Å². The Kier molecular flexibility index (Phi) is 5.31. The fourth-order valence-corrected chi connectivity index (χ4v) is 3.14. The van der Waals surface area contributed by atoms with Gasteiger partial charge in [-0.15, -0.1) is 0 Å². The van der Waals surface area contributed by atoms with Gasteiger partial charge in [-0.05, 0) is 48.9 Å². The number of aliphatic hydroxyl groups excluding tert-OH is 1. The smallest absolute Gasteiger partial charge is 0.122 e. The quantitative estimate of drug-likeness (QED) is 0.862. The van der Waals surface area contributed by atoms with Gasteiger partial charge in [0.25, 0.3) is 0 Å². The molecular formula is C20H25NO2. The van der Waals surface area contributed by atoms with Crippen molar-refractivity contribution >= 4 is 0 Å². The van der Waals surface area contributed by atoms with Crippen molar-refractivity contribution in [2.24, 2.45) is 0 Å². The molecule has 1 aliphatic rings. The normalized spacial score (nSPS) is 18.3. The molecule has 23 heavy (non-hydrogen) atoms. The number of hydrogen-bond acceptors (Lipinski definition) is 3. The fourth-order valence-electron chi connectivity index (χ4n) is 3.14. The molecule has 3 rings (SSSR count). The zero-order valence-electron chi connectivity index (χ0n) is 13.7. The third-order valence-corrected chi connectivity index (χ3v) is 4.51. The number of ether oxygens (including phenoxy) is 1. The fraction of sp³-hybridized carbons (Fsp3) is 0.400. The molecule has 2 aromatic rings. The maximum Gasteiger partial charge on any atom is 0.122 e. The van der Waals surface area contributed by atoms with E-state index in [1.165, 1.54) is 11.1 Å². The maximum atomic E-state index is 10.1. The summed E-state index contributed by atoms with van der Waals surface area (Å²) in [5.74, 6) is 0.846. The second kappa shape index (κ2) is 7.62. The summed E-state index contributed by atoms with van der Waals surface area (Å²) in [4.78, 5) is 0. The van der Waals surface area contributed by atoms with Crippen LogP contribution in [-0.4, -0.2) is 30.4 Å². The van der Waals surface area contributed by atoms with Crippen molar-refractivity contribution in [3.63, 3.8) is 0 Å². The lowest BCUT2D eigenvalue weighted by Crippen LogP contribution is -2.40. The molecule has 0 heterocycles. The minimum atomic E-state index is -0.494. The van der Waals surface area contributed by atoms with Gasteiger partial charge >= 0.3 is 0 Å². The molecule has 0 saturated heterocycles. The highest BCUT2D eigenvalue weighted by Crippen LogP contribution is 2.21. The van der Waals surface area contributed by atoms with Gasteiger partial charge in [-0.25, -0.2) is 0 Å². The number of nitrogens with one attached hydrogen (secondary N) is 1. The van der Waals surface area contributed by atoms with Gasteiger partial charge in [-0.3, -0.25) is 0 Å². The van der Waals surface area contributed by atoms with E-state index in [2.05, 4.69) is 29.6 Å². The van der Waals surface area contributed by atoms with E-state index in [4.69, 9.17) is 4.74 Å². The summed E-state index contributed by atoms with van der Waals surface area (Å²) >= 11 is 0. The van der Waals surface area contributed by atoms with Gasteiger partial charge in [0, 0.05) is 12.6 Å². The van der Waals surface area contributed by atoms with Crippen molar-refractivity contribution in [3.05, 3.63) is 65.2 Å². The number of aryl methyl sites for hydroxylation is 2. The molecule has 1 aliphatic carbocycles. The molecule has 2 aromatic carbocycles. The Labute approximate surface area is 138 Å². The lowest BCUT2D eigenvalue weighted by atomic mass is 9.88. The molecule has 0 fully saturated rings. The highest BCUT2D eigenvalue weighted by atomic mass is 16.5. The van der Waals surface area contributed by atoms with E-state index in [1.54, 1.807) is 0 Å². The van der Waals surface area contributed by atoms with Gasteiger partial charge in [-0.1, -0.05) is 42.5 Å². The highest BCUT2D eigenvalue weighted by molar-refractivity contribution is 5.32. The number of hydrogen-bond donors (Lipinski definition) is 2. The standard InChI is InChI=1S/C20H25NO2/c1-15-6-2-5-9-20(15)23-14-19(22)13-21-18-11-10-16-7-3-4-8-17(16)12-18/h2-9,18-19,21-22H,10-14H2,1H3. The van der Waals surface area contributed by atoms with Crippen molar-refractivity contribution in [2.45, 2.75) is 38.3 Å². The molecular weight excluding hydrogens is 286 g/mol. The van der Waals surface area contributed by atoms with E-state index in [0.717, 1.165) is 30.6 Å². The van der Waals surface area contributed by atoms with Crippen molar-refractivity contribution < 1.29 is 9.84 Å². The Morgan fingerprint density at radius 1 is 1.13 bits per heavy atom. The Bertz CT molecular complexity index is 641. The van der Waals surface area contributed by atoms with E-state index in [0.29, 0.717) is 19.2 Å². The second-order valence-electron chi connectivity index (χ2n) is 6.35. The van der Waals surface area contributed by atoms with Crippen molar-refractivity contribution in [1.82, 2.24) is 5.32 Å². The van der Waals surface area contributed by atoms with Crippen molar-refractivity contribution in [2.75, 3.05) is 13.2 Å². The molecule has 0 aliphatic heterocycles. The van der Waals surface area contributed by atoms with E-state index in [-0.39, 0.29) is 0 Å². The molecule has 122 valence electrons. The third kappa shape index (κ3) is 4.34. The first-order valence-electron chi connectivity index (χ1n) is 8.39. The Morgan fingerprint density at radius 3 is 2.70 bits per heavy atom. The number of para-hydroxylation sites is 1. The third-order valence-electron chi connectivity index (χ3n) is 4.51. The van der Waals surface area contributed by atoms with Crippen molar-refractivity contribution in [3.8, 4) is 5.75 Å². The van der Waals surface area contributed by atoms with E-state index >= 15 is 0 Å². The summed E-state index contributed by atoms with van der Waals surface area (Å²) in [5, 5.41) is 13.6. The monoisotopic (exact) mass is 311 g/mol. The van der Waals surface area contributed by atoms with Gasteiger partial charge in [-0.2, -0.15) is 0 Å². The predicted molar refractivity (Wildman–Crippen MR) is 92.9 cm³/mol. The van der Waals surface area contributed by atoms with Crippen LogP contribution in [0.1, 0.15) is 23.1 Å². The average molecular weight is 311 g/mol. The van der Waals surface area contributed by atoms with Crippen LogP contribution in [0.5, 0.6) is 5.75 Å². The van der Waals surface area contributed by atoms with Crippen LogP contribution in [0.4, 0.5) is 0 Å². The first-order valence-corrected chi connectivity index (χ1v) is 8.39. The molecule has 0 amide bonds. The van der Waals surface area contributed by atoms with Crippen LogP contribution in [0.25, 0.3) is 0 Å². The molecule has 0 bridgehead atoms. The van der Waals surface area contributed by atoms with E-state index < -0.39 is 6.10 Å². The number of rotatable bonds is 6. The van der Waals surface area contributed by atoms with Crippen LogP contribution in [0.2, 0.25) is 0 Å². The zero-order valence-corrected chi connectivity index (χ0v) is 13.7. The lowest BCUT2D eigenvalue weighted by Gasteiger charge is -2.26. The number of aliphatic hydroxyl groups is 1. The van der Waals surface area contributed by atoms with Gasteiger partial charge in [0.15, 0.2) is 0 Å². The zero-order chi connectivity index (χ0) is 16.1. The van der Waals surface area contributed by atoms with Crippen LogP contribution in [0, 0.1) is 6.92 Å². The summed E-state index contributed by atoms with van der Waals surface area (Å²) in [6, 6.07) is 17.0. The molecule has 2 atom stereocenters. The highest BCUT2D eigenvalue weighted by Gasteiger charge is 2.18. The molecule has 3 heteroatoms. The summed E-state index contributed by atoms with van der Waals surface area (Å²) in [5.41, 5.74) is 3.99. The first kappa shape index (κ1) is 16.0. The van der Waals surface area contributed by atoms with Gasteiger partial charge in [0.2, 0.25) is 0 Å². The van der Waals surface area contributed by atoms with Crippen LogP contribution in [-0.2, 0) is 12.8 Å². The lowest BCUT2D eigenvalue weighted by molar-refractivity contribution is 0.102. The van der Waals surface area contributed by atoms with Gasteiger partial charge in [0.05, 0.1) is 0 Å². The number of fused-ring (bicyclic) bond motifs is 1. The SMILES string of the molecule is Cc1ccccc1OCC(O)CNC1CCc2ccccc2C1. The van der Waals surface area contributed by atoms with Crippen LogP contribution in [0.15, 0.2) is 48.5 Å². The molecule has 2 unspecified atom stereocenters. The largest absolute Gasteiger partial charge is 0.491 e. The van der Waals surface area contributed by atoms with Crippen molar-refractivity contribution in [1.29, 1.82) is 0 Å². The summed E-state index contributed by atoms with van der Waals surface area (Å²) in [7, 11) is 0. The summed E-state index contributed by atoms with van der Waals surface area (Å²) in [6.45, 7) is 2.90. The topological polar surface area (TPSA) is 41.5 Å². The minimum Gasteiger partial charge on any atom is -0.491 e. The molecule has 0 radical (unpaired) electrons. The van der Waals surface area contributed by atoms with Gasteiger partial charge in [0.1, 0.15) is 18.5 Å². The Morgan fingerprint density at radius 2 is 1.87 bits per heavy atom. The molecule has 2 N–H and O–H groups in total. The summed E-state index contributed by atoms with van der Waals surface area (Å²) < 4.78 is 5.70. The number of benzene rings is 2. The van der Waals surface area contributed by atoms with E-state index in [1.807, 2.05) is 31.2 Å². The Hall–Kier alpha value is -1.84. The molecule has 0 aromatic heterocycles. The molecule has 0 saturated carbocycles. The maximum absolute atomic E-state index is 10.1. The molecule has 3 nitrogen and oxygen atoms in total. The Balaban J connectivity index is 1.43. The molecule has 0 spiro atoms. The van der Waals surface area contributed by atoms with Gasteiger partial charge < -0.3 is 15.2 Å². The average Bonchev–Trinajstić information content (AvgIpc) is 2.59. The van der Waals surface area contributed by atoms with Crippen LogP contribution >= 0.6 is 0 Å². The van der Waals surface area contributed by atoms with E-state index in [9.17, 15) is 5.11 Å².